The van der Waals surface area contributed by atoms with E-state index < -0.39 is 12.1 Å². The molecule has 0 spiro atoms. The third-order valence-electron chi connectivity index (χ3n) is 1.58. The van der Waals surface area contributed by atoms with Gasteiger partial charge >= 0.3 is 12.1 Å². The summed E-state index contributed by atoms with van der Waals surface area (Å²) in [6, 6.07) is 6.47. The molecule has 1 aromatic carbocycles. The molecule has 0 aromatic heterocycles. The van der Waals surface area contributed by atoms with Crippen LogP contribution in [0.3, 0.4) is 0 Å². The number of hydrogen-bond donors (Lipinski definition) is 2. The first kappa shape index (κ1) is 20.8. The van der Waals surface area contributed by atoms with E-state index in [9.17, 15) is 14.4 Å². The molecule has 9 heteroatoms. The number of esters is 1. The number of rotatable bonds is 3. The Bertz CT molecular complexity index is 561. The van der Waals surface area contributed by atoms with Gasteiger partial charge in [-0.15, -0.1) is 0 Å². The van der Waals surface area contributed by atoms with Gasteiger partial charge in [0.05, 0.1) is 7.11 Å². The molecular formula is C13H13N3O6. The Morgan fingerprint density at radius 3 is 1.77 bits per heavy atom. The molecule has 0 unspecified atom stereocenters. The van der Waals surface area contributed by atoms with E-state index in [-0.39, 0.29) is 0 Å². The van der Waals surface area contributed by atoms with Gasteiger partial charge in [-0.05, 0) is 12.1 Å². The average Bonchev–Trinajstić information content (AvgIpc) is 2.49. The van der Waals surface area contributed by atoms with Gasteiger partial charge in [-0.2, -0.15) is 9.98 Å². The lowest BCUT2D eigenvalue weighted by Gasteiger charge is -1.92. The Labute approximate surface area is 125 Å². The predicted molar refractivity (Wildman–Crippen MR) is 76.4 cm³/mol. The topological polar surface area (TPSA) is 148 Å². The van der Waals surface area contributed by atoms with Crippen LogP contribution in [0.5, 0.6) is 0 Å². The van der Waals surface area contributed by atoms with E-state index in [1.807, 2.05) is 0 Å². The number of methoxy groups -OCH3 is 1. The number of hydrogen-bond acceptors (Lipinski definition) is 7. The fourth-order valence-electron chi connectivity index (χ4n) is 0.835. The molecule has 1 aromatic rings. The monoisotopic (exact) mass is 307 g/mol. The van der Waals surface area contributed by atoms with E-state index in [0.717, 1.165) is 6.08 Å². The first-order valence-corrected chi connectivity index (χ1v) is 5.36. The second-order valence-electron chi connectivity index (χ2n) is 2.96. The highest BCUT2D eigenvalue weighted by molar-refractivity contribution is 5.80. The van der Waals surface area contributed by atoms with Gasteiger partial charge < -0.3 is 15.6 Å². The molecule has 116 valence electrons. The van der Waals surface area contributed by atoms with E-state index in [2.05, 4.69) is 27.0 Å². The number of nitrogens with two attached hydrogens (primary N) is 1. The van der Waals surface area contributed by atoms with Gasteiger partial charge in [0.25, 0.3) is 0 Å². The SMILES string of the molecule is C=CC(=O)OC.NC(=O)O.O=C=Nc1ccccc1N=C=O. The summed E-state index contributed by atoms with van der Waals surface area (Å²) in [6.07, 6.45) is 2.51. The average molecular weight is 307 g/mol. The number of nitrogens with zero attached hydrogens (tertiary/aromatic N) is 2. The summed E-state index contributed by atoms with van der Waals surface area (Å²) in [5, 5.41) is 7.19. The summed E-state index contributed by atoms with van der Waals surface area (Å²) in [7, 11) is 1.31. The van der Waals surface area contributed by atoms with Crippen molar-refractivity contribution < 1.29 is 29.0 Å². The van der Waals surface area contributed by atoms with Gasteiger partial charge in [0.15, 0.2) is 0 Å². The number of carboxylic acid groups (broad SMARTS) is 1. The highest BCUT2D eigenvalue weighted by Crippen LogP contribution is 2.25. The summed E-state index contributed by atoms with van der Waals surface area (Å²) in [5.74, 6) is -0.394. The first-order chi connectivity index (χ1) is 10.4. The number of ether oxygens (including phenoxy) is 1. The van der Waals surface area contributed by atoms with Crippen molar-refractivity contribution in [2.24, 2.45) is 15.7 Å². The largest absolute Gasteiger partial charge is 0.466 e. The molecule has 9 nitrogen and oxygen atoms in total. The number of carbonyl (C=O) groups excluding carboxylic acids is 3. The van der Waals surface area contributed by atoms with Gasteiger partial charge in [0, 0.05) is 6.08 Å². The van der Waals surface area contributed by atoms with Gasteiger partial charge in [-0.1, -0.05) is 18.7 Å². The zero-order valence-electron chi connectivity index (χ0n) is 11.6. The molecule has 3 N–H and O–H groups in total. The molecule has 0 fully saturated rings. The molecule has 0 bridgehead atoms. The van der Waals surface area contributed by atoms with Crippen molar-refractivity contribution in [2.45, 2.75) is 0 Å². The minimum Gasteiger partial charge on any atom is -0.466 e. The Morgan fingerprint density at radius 1 is 1.23 bits per heavy atom. The molecule has 0 aliphatic heterocycles. The van der Waals surface area contributed by atoms with Crippen molar-refractivity contribution in [3.63, 3.8) is 0 Å². The lowest BCUT2D eigenvalue weighted by Crippen LogP contribution is -2.03. The van der Waals surface area contributed by atoms with Gasteiger partial charge in [-0.25, -0.2) is 19.2 Å². The van der Waals surface area contributed by atoms with E-state index in [0.29, 0.717) is 11.4 Å². The van der Waals surface area contributed by atoms with E-state index >= 15 is 0 Å². The van der Waals surface area contributed by atoms with Crippen LogP contribution in [0.2, 0.25) is 0 Å². The van der Waals surface area contributed by atoms with Crippen molar-refractivity contribution in [3.8, 4) is 0 Å². The summed E-state index contributed by atoms with van der Waals surface area (Å²) < 4.78 is 4.14. The van der Waals surface area contributed by atoms with Crippen molar-refractivity contribution in [3.05, 3.63) is 36.9 Å². The maximum absolute atomic E-state index is 9.90. The Hall–Kier alpha value is -3.54. The van der Waals surface area contributed by atoms with Gasteiger partial charge in [0.2, 0.25) is 12.2 Å². The standard InChI is InChI=1S/C8H4N2O2.C4H6O2.CH3NO2/c11-5-9-7-3-1-2-4-8(7)10-6-12;1-3-4(5)6-2;2-1(3)4/h1-4H;3H,1H2,2H3;2H2,(H,3,4). The zero-order valence-corrected chi connectivity index (χ0v) is 11.6. The molecular weight excluding hydrogens is 294 g/mol. The van der Waals surface area contributed by atoms with Crippen molar-refractivity contribution in [1.29, 1.82) is 0 Å². The quantitative estimate of drug-likeness (QED) is 0.375. The van der Waals surface area contributed by atoms with Crippen LogP contribution in [-0.4, -0.2) is 36.4 Å². The molecule has 0 aliphatic carbocycles. The maximum Gasteiger partial charge on any atom is 0.402 e. The smallest absolute Gasteiger partial charge is 0.402 e. The number of carbonyl (C=O) groups is 2. The lowest BCUT2D eigenvalue weighted by molar-refractivity contribution is -0.134. The number of primary amides is 1. The number of para-hydroxylation sites is 2. The van der Waals surface area contributed by atoms with E-state index in [4.69, 9.17) is 9.90 Å². The lowest BCUT2D eigenvalue weighted by atomic mass is 10.3. The summed E-state index contributed by atoms with van der Waals surface area (Å²) in [6.45, 7) is 3.16. The van der Waals surface area contributed by atoms with Crippen molar-refractivity contribution in [2.75, 3.05) is 7.11 Å². The van der Waals surface area contributed by atoms with Crippen LogP contribution in [0, 0.1) is 0 Å². The van der Waals surface area contributed by atoms with E-state index in [1.165, 1.54) is 19.3 Å². The number of isocyanates is 2. The first-order valence-electron chi connectivity index (χ1n) is 5.36. The van der Waals surface area contributed by atoms with E-state index in [1.54, 1.807) is 24.3 Å². The third-order valence-corrected chi connectivity index (χ3v) is 1.58. The third kappa shape index (κ3) is 12.9. The van der Waals surface area contributed by atoms with Crippen LogP contribution in [0.1, 0.15) is 0 Å². The van der Waals surface area contributed by atoms with Crippen LogP contribution in [0.15, 0.2) is 46.9 Å². The Balaban J connectivity index is 0. The second-order valence-corrected chi connectivity index (χ2v) is 2.96. The normalized spacial score (nSPS) is 7.32. The molecule has 0 saturated carbocycles. The number of aliphatic imine (C=N–C) groups is 2. The van der Waals surface area contributed by atoms with Crippen LogP contribution in [0.25, 0.3) is 0 Å². The fraction of sp³-hybridized carbons (Fsp3) is 0.0769. The second kappa shape index (κ2) is 13.9. The summed E-state index contributed by atoms with van der Waals surface area (Å²) in [4.78, 5) is 45.1. The zero-order chi connectivity index (χ0) is 17.4. The highest BCUT2D eigenvalue weighted by Gasteiger charge is 1.96. The minimum absolute atomic E-state index is 0.316. The predicted octanol–water partition coefficient (Wildman–Crippen LogP) is 1.59. The molecule has 22 heavy (non-hydrogen) atoms. The highest BCUT2D eigenvalue weighted by atomic mass is 16.5. The van der Waals surface area contributed by atoms with Gasteiger partial charge in [-0.3, -0.25) is 0 Å². The summed E-state index contributed by atoms with van der Waals surface area (Å²) in [5.41, 5.74) is 4.66. The molecule has 0 aliphatic rings. The molecule has 1 rings (SSSR count). The Morgan fingerprint density at radius 2 is 1.59 bits per heavy atom. The molecule has 1 amide bonds. The van der Waals surface area contributed by atoms with Gasteiger partial charge in [0.1, 0.15) is 11.4 Å². The number of amides is 1. The molecule has 0 atom stereocenters. The van der Waals surface area contributed by atoms with Crippen LogP contribution in [0.4, 0.5) is 16.2 Å². The molecule has 0 heterocycles. The molecule has 0 radical (unpaired) electrons. The number of benzene rings is 1. The summed E-state index contributed by atoms with van der Waals surface area (Å²) >= 11 is 0. The fourth-order valence-corrected chi connectivity index (χ4v) is 0.835. The maximum atomic E-state index is 9.90. The minimum atomic E-state index is -1.33. The van der Waals surface area contributed by atoms with Crippen LogP contribution < -0.4 is 5.73 Å². The van der Waals surface area contributed by atoms with Crippen molar-refractivity contribution >= 4 is 35.6 Å². The molecule has 0 saturated heterocycles. The van der Waals surface area contributed by atoms with Crippen molar-refractivity contribution in [1.82, 2.24) is 0 Å². The van der Waals surface area contributed by atoms with Crippen LogP contribution in [-0.2, 0) is 19.1 Å². The Kier molecular flexibility index (Phi) is 13.1. The van der Waals surface area contributed by atoms with Crippen LogP contribution >= 0.6 is 0 Å².